The van der Waals surface area contributed by atoms with Crippen molar-refractivity contribution in [2.24, 2.45) is 0 Å². The minimum atomic E-state index is -0.510. The first-order valence-electron chi connectivity index (χ1n) is 7.33. The molecule has 0 aliphatic heterocycles. The van der Waals surface area contributed by atoms with E-state index in [1.165, 1.54) is 25.6 Å². The molecule has 0 aliphatic carbocycles. The smallest absolute Gasteiger partial charge is 0.357 e. The van der Waals surface area contributed by atoms with E-state index < -0.39 is 5.97 Å². The Labute approximate surface area is 143 Å². The van der Waals surface area contributed by atoms with Crippen molar-refractivity contribution in [2.75, 3.05) is 19.5 Å². The Morgan fingerprint density at radius 2 is 2.12 bits per heavy atom. The molecule has 1 N–H and O–H groups in total. The Balaban J connectivity index is 1.99. The summed E-state index contributed by atoms with van der Waals surface area (Å²) in [7, 11) is 2.79. The summed E-state index contributed by atoms with van der Waals surface area (Å²) in [5.41, 5.74) is 0.243. The predicted octanol–water partition coefficient (Wildman–Crippen LogP) is 2.62. The Morgan fingerprint density at radius 3 is 2.71 bits per heavy atom. The van der Waals surface area contributed by atoms with Crippen molar-refractivity contribution < 1.29 is 23.6 Å². The molecule has 0 spiro atoms. The van der Waals surface area contributed by atoms with E-state index in [9.17, 15) is 9.59 Å². The van der Waals surface area contributed by atoms with Gasteiger partial charge in [-0.05, 0) is 11.1 Å². The highest BCUT2D eigenvalue weighted by atomic mass is 32.1. The van der Waals surface area contributed by atoms with E-state index in [0.29, 0.717) is 23.2 Å². The Kier molecular flexibility index (Phi) is 5.91. The highest BCUT2D eigenvalue weighted by Crippen LogP contribution is 2.30. The van der Waals surface area contributed by atoms with Crippen molar-refractivity contribution in [2.45, 2.75) is 32.6 Å². The SMILES string of the molecule is COC(=O)c1nc(NC(=O)CCc2cc(OC)no2)sc1C(C)C. The molecule has 0 unspecified atom stereocenters. The van der Waals surface area contributed by atoms with E-state index in [1.807, 2.05) is 13.8 Å². The third-order valence-electron chi connectivity index (χ3n) is 3.15. The lowest BCUT2D eigenvalue weighted by Gasteiger charge is -2.02. The number of aromatic nitrogens is 2. The number of esters is 1. The molecule has 0 aromatic carbocycles. The number of carbonyl (C=O) groups excluding carboxylic acids is 2. The standard InChI is InChI=1S/C15H19N3O5S/c1-8(2)13-12(14(20)22-4)17-15(24-13)16-10(19)6-5-9-7-11(21-3)18-23-9/h7-8H,5-6H2,1-4H3,(H,16,17,19). The Morgan fingerprint density at radius 1 is 1.38 bits per heavy atom. The first kappa shape index (κ1) is 17.9. The van der Waals surface area contributed by atoms with E-state index in [1.54, 1.807) is 6.07 Å². The zero-order chi connectivity index (χ0) is 17.7. The van der Waals surface area contributed by atoms with E-state index in [0.717, 1.165) is 4.88 Å². The van der Waals surface area contributed by atoms with Gasteiger partial charge < -0.3 is 19.3 Å². The summed E-state index contributed by atoms with van der Waals surface area (Å²) in [6, 6.07) is 1.63. The summed E-state index contributed by atoms with van der Waals surface area (Å²) in [6.45, 7) is 3.89. The number of nitrogens with one attached hydrogen (secondary N) is 1. The number of nitrogens with zero attached hydrogens (tertiary/aromatic N) is 2. The van der Waals surface area contributed by atoms with Crippen LogP contribution in [0.4, 0.5) is 5.13 Å². The lowest BCUT2D eigenvalue weighted by Crippen LogP contribution is -2.12. The highest BCUT2D eigenvalue weighted by Gasteiger charge is 2.21. The van der Waals surface area contributed by atoms with Gasteiger partial charge in [0.05, 0.1) is 14.2 Å². The maximum atomic E-state index is 12.0. The van der Waals surface area contributed by atoms with Gasteiger partial charge in [0.2, 0.25) is 5.91 Å². The molecule has 0 aliphatic rings. The van der Waals surface area contributed by atoms with E-state index in [2.05, 4.69) is 15.5 Å². The number of thiazole rings is 1. The normalized spacial score (nSPS) is 10.7. The molecule has 2 aromatic rings. The number of methoxy groups -OCH3 is 2. The monoisotopic (exact) mass is 353 g/mol. The minimum Gasteiger partial charge on any atom is -0.479 e. The van der Waals surface area contributed by atoms with Crippen molar-refractivity contribution in [1.82, 2.24) is 10.1 Å². The third-order valence-corrected chi connectivity index (χ3v) is 4.42. The maximum absolute atomic E-state index is 12.0. The molecule has 24 heavy (non-hydrogen) atoms. The molecule has 2 rings (SSSR count). The largest absolute Gasteiger partial charge is 0.479 e. The van der Waals surface area contributed by atoms with Crippen molar-refractivity contribution in [3.63, 3.8) is 0 Å². The van der Waals surface area contributed by atoms with Gasteiger partial charge in [-0.25, -0.2) is 9.78 Å². The van der Waals surface area contributed by atoms with Gasteiger partial charge in [-0.2, -0.15) is 0 Å². The van der Waals surface area contributed by atoms with Crippen LogP contribution in [-0.4, -0.2) is 36.2 Å². The van der Waals surface area contributed by atoms with Gasteiger partial charge in [0.1, 0.15) is 5.76 Å². The average Bonchev–Trinajstić information content (AvgIpc) is 3.18. The first-order valence-corrected chi connectivity index (χ1v) is 8.14. The zero-order valence-electron chi connectivity index (χ0n) is 13.9. The Hall–Kier alpha value is -2.42. The number of hydrogen-bond acceptors (Lipinski definition) is 8. The molecule has 0 atom stereocenters. The van der Waals surface area contributed by atoms with Crippen molar-refractivity contribution >= 4 is 28.3 Å². The summed E-state index contributed by atoms with van der Waals surface area (Å²) in [4.78, 5) is 28.7. The lowest BCUT2D eigenvalue weighted by molar-refractivity contribution is -0.116. The molecule has 0 saturated carbocycles. The fourth-order valence-electron chi connectivity index (χ4n) is 1.95. The summed E-state index contributed by atoms with van der Waals surface area (Å²) in [6.07, 6.45) is 0.580. The number of aryl methyl sites for hydroxylation is 1. The van der Waals surface area contributed by atoms with Crippen molar-refractivity contribution in [3.8, 4) is 5.88 Å². The van der Waals surface area contributed by atoms with Gasteiger partial charge in [-0.15, -0.1) is 11.3 Å². The predicted molar refractivity (Wildman–Crippen MR) is 87.5 cm³/mol. The minimum absolute atomic E-state index is 0.101. The van der Waals surface area contributed by atoms with Crippen LogP contribution in [0.2, 0.25) is 0 Å². The molecule has 0 fully saturated rings. The zero-order valence-corrected chi connectivity index (χ0v) is 14.7. The molecule has 0 radical (unpaired) electrons. The summed E-state index contributed by atoms with van der Waals surface area (Å²) in [5.74, 6) is 0.285. The van der Waals surface area contributed by atoms with Crippen LogP contribution in [0.3, 0.4) is 0 Å². The van der Waals surface area contributed by atoms with Crippen LogP contribution in [0.1, 0.15) is 47.3 Å². The second-order valence-corrected chi connectivity index (χ2v) is 6.29. The van der Waals surface area contributed by atoms with Crippen LogP contribution in [0.25, 0.3) is 0 Å². The van der Waals surface area contributed by atoms with Crippen LogP contribution in [0.5, 0.6) is 5.88 Å². The lowest BCUT2D eigenvalue weighted by atomic mass is 10.1. The molecule has 9 heteroatoms. The maximum Gasteiger partial charge on any atom is 0.357 e. The summed E-state index contributed by atoms with van der Waals surface area (Å²) >= 11 is 1.27. The number of rotatable bonds is 7. The number of carbonyl (C=O) groups is 2. The summed E-state index contributed by atoms with van der Waals surface area (Å²) in [5, 5.41) is 6.74. The van der Waals surface area contributed by atoms with Gasteiger partial charge in [0, 0.05) is 23.8 Å². The number of hydrogen-bond donors (Lipinski definition) is 1. The first-order chi connectivity index (χ1) is 11.4. The fraction of sp³-hybridized carbons (Fsp3) is 0.467. The molecular formula is C15H19N3O5S. The topological polar surface area (TPSA) is 104 Å². The summed E-state index contributed by atoms with van der Waals surface area (Å²) < 4.78 is 14.7. The molecule has 0 saturated heterocycles. The second-order valence-electron chi connectivity index (χ2n) is 5.26. The molecule has 130 valence electrons. The highest BCUT2D eigenvalue weighted by molar-refractivity contribution is 7.16. The molecule has 2 aromatic heterocycles. The molecule has 2 heterocycles. The van der Waals surface area contributed by atoms with Crippen molar-refractivity contribution in [1.29, 1.82) is 0 Å². The Bertz CT molecular complexity index is 723. The number of amides is 1. The van der Waals surface area contributed by atoms with Crippen LogP contribution in [-0.2, 0) is 16.0 Å². The quantitative estimate of drug-likeness (QED) is 0.763. The van der Waals surface area contributed by atoms with Crippen LogP contribution < -0.4 is 10.1 Å². The molecular weight excluding hydrogens is 334 g/mol. The van der Waals surface area contributed by atoms with E-state index in [4.69, 9.17) is 14.0 Å². The van der Waals surface area contributed by atoms with E-state index in [-0.39, 0.29) is 23.9 Å². The van der Waals surface area contributed by atoms with Crippen molar-refractivity contribution in [3.05, 3.63) is 22.4 Å². The average molecular weight is 353 g/mol. The van der Waals surface area contributed by atoms with Crippen LogP contribution in [0, 0.1) is 0 Å². The molecule has 8 nitrogen and oxygen atoms in total. The third kappa shape index (κ3) is 4.31. The van der Waals surface area contributed by atoms with Gasteiger partial charge in [0.25, 0.3) is 5.88 Å². The van der Waals surface area contributed by atoms with Gasteiger partial charge in [-0.1, -0.05) is 13.8 Å². The van der Waals surface area contributed by atoms with Gasteiger partial charge in [0.15, 0.2) is 10.8 Å². The van der Waals surface area contributed by atoms with Crippen LogP contribution in [0.15, 0.2) is 10.6 Å². The van der Waals surface area contributed by atoms with E-state index >= 15 is 0 Å². The number of anilines is 1. The molecule has 0 bridgehead atoms. The van der Waals surface area contributed by atoms with Gasteiger partial charge in [-0.3, -0.25) is 4.79 Å². The fourth-order valence-corrected chi connectivity index (χ4v) is 2.92. The van der Waals surface area contributed by atoms with Gasteiger partial charge >= 0.3 is 5.97 Å². The second kappa shape index (κ2) is 7.91. The molecule has 1 amide bonds. The van der Waals surface area contributed by atoms with Crippen LogP contribution >= 0.6 is 11.3 Å². The number of ether oxygens (including phenoxy) is 2.